The zero-order valence-corrected chi connectivity index (χ0v) is 24.5. The molecule has 41 heavy (non-hydrogen) atoms. The van der Waals surface area contributed by atoms with Gasteiger partial charge in [0, 0.05) is 42.3 Å². The second-order valence-electron chi connectivity index (χ2n) is 11.8. The molecule has 5 aliphatic rings. The van der Waals surface area contributed by atoms with Gasteiger partial charge in [0.25, 0.3) is 0 Å². The molecule has 1 spiro atoms. The van der Waals surface area contributed by atoms with E-state index in [-0.39, 0.29) is 12.3 Å². The molecule has 2 fully saturated rings. The van der Waals surface area contributed by atoms with Crippen LogP contribution in [0.4, 0.5) is 0 Å². The number of cyclic esters (lactones) is 1. The average Bonchev–Trinajstić information content (AvgIpc) is 3.50. The third-order valence-electron chi connectivity index (χ3n) is 9.41. The molecule has 4 bridgehead atoms. The van der Waals surface area contributed by atoms with E-state index in [1.54, 1.807) is 19.1 Å². The Hall–Kier alpha value is -2.35. The first-order valence-electron chi connectivity index (χ1n) is 14.0. The van der Waals surface area contributed by atoms with Crippen molar-refractivity contribution in [1.29, 1.82) is 0 Å². The van der Waals surface area contributed by atoms with Crippen molar-refractivity contribution in [3.63, 3.8) is 0 Å². The molecule has 226 valence electrons. The van der Waals surface area contributed by atoms with Crippen molar-refractivity contribution in [2.75, 3.05) is 7.11 Å². The van der Waals surface area contributed by atoms with E-state index in [0.717, 1.165) is 5.57 Å². The summed E-state index contributed by atoms with van der Waals surface area (Å²) in [5.41, 5.74) is 0.237. The first-order valence-corrected chi connectivity index (χ1v) is 15.3. The fourth-order valence-electron chi connectivity index (χ4n) is 7.53. The van der Waals surface area contributed by atoms with Gasteiger partial charge < -0.3 is 24.1 Å². The van der Waals surface area contributed by atoms with E-state index in [4.69, 9.17) is 23.1 Å². The third kappa shape index (κ3) is 5.23. The Kier molecular flexibility index (Phi) is 8.12. The van der Waals surface area contributed by atoms with Crippen molar-refractivity contribution in [2.45, 2.75) is 82.8 Å². The molecule has 11 nitrogen and oxygen atoms in total. The summed E-state index contributed by atoms with van der Waals surface area (Å²) >= 11 is 0. The van der Waals surface area contributed by atoms with Crippen molar-refractivity contribution in [3.8, 4) is 0 Å². The minimum atomic E-state index is -4.82. The SMILES string of the molecule is CO[C@H]1C[C@H]2C=CC3C4C(O)[C@@H](C)[C@@H](OC(=O)C5=CC=CC5)[C@@H]3O[C@]42/C(C)=C/[C@@H](C)[C@@H]([C@@H](C)OS(=O)(=O)O)OC1=O. The lowest BCUT2D eigenvalue weighted by Gasteiger charge is -2.49. The number of rotatable bonds is 6. The van der Waals surface area contributed by atoms with Crippen molar-refractivity contribution in [1.82, 2.24) is 0 Å². The van der Waals surface area contributed by atoms with Gasteiger partial charge in [-0.05, 0) is 32.3 Å². The van der Waals surface area contributed by atoms with Crippen LogP contribution in [-0.2, 0) is 43.1 Å². The number of methoxy groups -OCH3 is 1. The van der Waals surface area contributed by atoms with Gasteiger partial charge in [-0.2, -0.15) is 8.42 Å². The Morgan fingerprint density at radius 3 is 2.61 bits per heavy atom. The lowest BCUT2D eigenvalue weighted by Crippen LogP contribution is -2.57. The van der Waals surface area contributed by atoms with Crippen molar-refractivity contribution in [2.24, 2.45) is 29.6 Å². The standard InChI is InChI=1S/C29H38O11S/c1-14-12-15(2)29-19(13-21(36-5)28(32)37-24(14)17(4)40-41(33,34)35)10-11-20-22(29)23(30)16(3)25(26(20)39-29)38-27(31)18-8-6-7-9-18/h6-8,10-12,14,16-17,19-26,30H,9,13H2,1-5H3,(H,33,34,35)/b15-12+/t14-,16-,17-,19-,20?,21+,22?,23?,24+,25-,26-,29+/m1/s1. The molecule has 0 aromatic rings. The topological polar surface area (TPSA) is 155 Å². The Balaban J connectivity index is 1.55. The number of hydrogen-bond donors (Lipinski definition) is 2. The van der Waals surface area contributed by atoms with Crippen molar-refractivity contribution >= 4 is 22.3 Å². The van der Waals surface area contributed by atoms with Crippen LogP contribution in [0, 0.1) is 29.6 Å². The number of hydrogen-bond acceptors (Lipinski definition) is 10. The summed E-state index contributed by atoms with van der Waals surface area (Å²) in [6, 6.07) is 0. The first kappa shape index (κ1) is 30.1. The van der Waals surface area contributed by atoms with Crippen LogP contribution in [0.15, 0.2) is 47.6 Å². The number of carbonyl (C=O) groups excluding carboxylic acids is 2. The monoisotopic (exact) mass is 594 g/mol. The van der Waals surface area contributed by atoms with E-state index in [1.807, 2.05) is 38.2 Å². The van der Waals surface area contributed by atoms with Crippen LogP contribution in [0.2, 0.25) is 0 Å². The molecule has 0 aromatic heterocycles. The molecule has 0 amide bonds. The number of carbonyl (C=O) groups is 2. The summed E-state index contributed by atoms with van der Waals surface area (Å²) in [6.07, 6.45) is 6.38. The van der Waals surface area contributed by atoms with E-state index < -0.39 is 88.2 Å². The molecule has 3 unspecified atom stereocenters. The normalized spacial score (nSPS) is 43.8. The van der Waals surface area contributed by atoms with Gasteiger partial charge in [-0.3, -0.25) is 4.55 Å². The maximum absolute atomic E-state index is 13.3. The van der Waals surface area contributed by atoms with Gasteiger partial charge in [0.15, 0.2) is 6.10 Å². The Bertz CT molecular complexity index is 1300. The fraction of sp³-hybridized carbons (Fsp3) is 0.655. The van der Waals surface area contributed by atoms with Crippen LogP contribution < -0.4 is 0 Å². The number of ether oxygens (including phenoxy) is 4. The van der Waals surface area contributed by atoms with Crippen LogP contribution in [-0.4, -0.2) is 79.4 Å². The zero-order chi connectivity index (χ0) is 29.9. The molecule has 0 aromatic carbocycles. The number of allylic oxidation sites excluding steroid dienone is 3. The van der Waals surface area contributed by atoms with Crippen molar-refractivity contribution < 1.29 is 50.8 Å². The number of aliphatic hydroxyl groups excluding tert-OH is 1. The number of esters is 2. The Morgan fingerprint density at radius 2 is 1.98 bits per heavy atom. The highest BCUT2D eigenvalue weighted by molar-refractivity contribution is 7.80. The summed E-state index contributed by atoms with van der Waals surface area (Å²) in [5, 5.41) is 11.8. The molecule has 2 heterocycles. The average molecular weight is 595 g/mol. The van der Waals surface area contributed by atoms with Crippen LogP contribution >= 0.6 is 0 Å². The molecule has 0 radical (unpaired) electrons. The Labute approximate surface area is 240 Å². The molecule has 5 rings (SSSR count). The molecule has 12 heteroatoms. The molecule has 1 saturated heterocycles. The first-order chi connectivity index (χ1) is 19.3. The van der Waals surface area contributed by atoms with Gasteiger partial charge in [-0.25, -0.2) is 13.8 Å². The lowest BCUT2D eigenvalue weighted by atomic mass is 9.57. The smallest absolute Gasteiger partial charge is 0.397 e. The molecule has 2 N–H and O–H groups in total. The molecular weight excluding hydrogens is 556 g/mol. The Morgan fingerprint density at radius 1 is 1.24 bits per heavy atom. The van der Waals surface area contributed by atoms with E-state index in [1.165, 1.54) is 14.0 Å². The summed E-state index contributed by atoms with van der Waals surface area (Å²) in [5.74, 6) is -3.21. The van der Waals surface area contributed by atoms with Gasteiger partial charge in [-0.15, -0.1) is 0 Å². The molecular formula is C29H38O11S. The van der Waals surface area contributed by atoms with Gasteiger partial charge in [0.2, 0.25) is 0 Å². The van der Waals surface area contributed by atoms with E-state index in [0.29, 0.717) is 12.0 Å². The summed E-state index contributed by atoms with van der Waals surface area (Å²) in [7, 11) is -3.44. The summed E-state index contributed by atoms with van der Waals surface area (Å²) in [4.78, 5) is 26.3. The fourth-order valence-corrected chi connectivity index (χ4v) is 8.02. The highest BCUT2D eigenvalue weighted by Gasteiger charge is 2.69. The summed E-state index contributed by atoms with van der Waals surface area (Å²) < 4.78 is 61.1. The van der Waals surface area contributed by atoms with E-state index in [2.05, 4.69) is 0 Å². The predicted octanol–water partition coefficient (Wildman–Crippen LogP) is 2.47. The second-order valence-corrected chi connectivity index (χ2v) is 12.9. The minimum absolute atomic E-state index is 0.158. The van der Waals surface area contributed by atoms with Crippen LogP contribution in [0.1, 0.15) is 40.5 Å². The van der Waals surface area contributed by atoms with Crippen LogP contribution in [0.25, 0.3) is 0 Å². The van der Waals surface area contributed by atoms with Crippen molar-refractivity contribution in [3.05, 3.63) is 47.6 Å². The molecule has 3 aliphatic carbocycles. The highest BCUT2D eigenvalue weighted by Crippen LogP contribution is 2.61. The lowest BCUT2D eigenvalue weighted by molar-refractivity contribution is -0.172. The maximum Gasteiger partial charge on any atom is 0.397 e. The zero-order valence-electron chi connectivity index (χ0n) is 23.7. The van der Waals surface area contributed by atoms with Gasteiger partial charge in [0.05, 0.1) is 6.10 Å². The van der Waals surface area contributed by atoms with Crippen LogP contribution in [0.5, 0.6) is 0 Å². The molecule has 12 atom stereocenters. The molecule has 2 aliphatic heterocycles. The maximum atomic E-state index is 13.3. The highest BCUT2D eigenvalue weighted by atomic mass is 32.3. The number of aliphatic hydroxyl groups is 1. The van der Waals surface area contributed by atoms with Crippen LogP contribution in [0.3, 0.4) is 0 Å². The molecule has 1 saturated carbocycles. The van der Waals surface area contributed by atoms with E-state index in [9.17, 15) is 27.7 Å². The van der Waals surface area contributed by atoms with Gasteiger partial charge in [-0.1, -0.05) is 50.3 Å². The summed E-state index contributed by atoms with van der Waals surface area (Å²) in [6.45, 7) is 6.86. The second kappa shape index (κ2) is 11.1. The largest absolute Gasteiger partial charge is 0.457 e. The van der Waals surface area contributed by atoms with Gasteiger partial charge >= 0.3 is 22.3 Å². The minimum Gasteiger partial charge on any atom is -0.457 e. The van der Waals surface area contributed by atoms with E-state index >= 15 is 0 Å². The predicted molar refractivity (Wildman–Crippen MR) is 144 cm³/mol. The van der Waals surface area contributed by atoms with Gasteiger partial charge in [0.1, 0.15) is 30.0 Å². The quantitative estimate of drug-likeness (QED) is 0.265. The third-order valence-corrected chi connectivity index (χ3v) is 9.96.